The Hall–Kier alpha value is -2.19. The van der Waals surface area contributed by atoms with Crippen molar-refractivity contribution in [2.45, 2.75) is 50.9 Å². The SMILES string of the molecule is CC(C)(C)SNCc1cnn2ccc(N3CCC[C@@H]3c3cc(F)ccc3F)nc12. The van der Waals surface area contributed by atoms with E-state index in [-0.39, 0.29) is 16.6 Å². The van der Waals surface area contributed by atoms with E-state index in [1.807, 2.05) is 18.5 Å². The largest absolute Gasteiger partial charge is 0.349 e. The summed E-state index contributed by atoms with van der Waals surface area (Å²) in [5.41, 5.74) is 2.16. The zero-order valence-electron chi connectivity index (χ0n) is 16.8. The average molecular weight is 418 g/mol. The number of halogens is 2. The van der Waals surface area contributed by atoms with Gasteiger partial charge in [0, 0.05) is 35.2 Å². The van der Waals surface area contributed by atoms with E-state index in [1.54, 1.807) is 16.5 Å². The van der Waals surface area contributed by atoms with Gasteiger partial charge in [0.05, 0.1) is 12.2 Å². The predicted molar refractivity (Wildman–Crippen MR) is 113 cm³/mol. The summed E-state index contributed by atoms with van der Waals surface area (Å²) in [5, 5.41) is 4.38. The van der Waals surface area contributed by atoms with Crippen molar-refractivity contribution in [2.75, 3.05) is 11.4 Å². The van der Waals surface area contributed by atoms with Crippen LogP contribution in [0.3, 0.4) is 0 Å². The summed E-state index contributed by atoms with van der Waals surface area (Å²) in [5.74, 6) is -0.0381. The van der Waals surface area contributed by atoms with E-state index in [0.717, 1.165) is 42.5 Å². The highest BCUT2D eigenvalue weighted by Crippen LogP contribution is 2.36. The molecular formula is C21H25F2N5S. The number of nitrogens with one attached hydrogen (secondary N) is 1. The molecule has 0 amide bonds. The molecule has 0 aliphatic carbocycles. The van der Waals surface area contributed by atoms with E-state index in [2.05, 4.69) is 35.5 Å². The summed E-state index contributed by atoms with van der Waals surface area (Å²) < 4.78 is 33.3. The van der Waals surface area contributed by atoms with Gasteiger partial charge in [0.1, 0.15) is 17.5 Å². The normalized spacial score (nSPS) is 17.4. The molecule has 5 nitrogen and oxygen atoms in total. The number of anilines is 1. The van der Waals surface area contributed by atoms with Crippen LogP contribution in [0.4, 0.5) is 14.6 Å². The van der Waals surface area contributed by atoms with Crippen LogP contribution >= 0.6 is 11.9 Å². The lowest BCUT2D eigenvalue weighted by molar-refractivity contribution is 0.560. The van der Waals surface area contributed by atoms with Crippen molar-refractivity contribution in [1.29, 1.82) is 0 Å². The minimum atomic E-state index is -0.419. The van der Waals surface area contributed by atoms with E-state index in [4.69, 9.17) is 4.98 Å². The standard InChI is InChI=1S/C21H25F2N5S/c1-21(2,3)29-25-13-14-12-24-28-10-8-19(26-20(14)28)27-9-4-5-18(27)16-11-15(22)6-7-17(16)23/h6-8,10-12,18,25H,4-5,9,13H2,1-3H3/t18-/m1/s1. The van der Waals surface area contributed by atoms with Gasteiger partial charge in [0.15, 0.2) is 5.65 Å². The summed E-state index contributed by atoms with van der Waals surface area (Å²) in [6.07, 6.45) is 5.36. The highest BCUT2D eigenvalue weighted by Gasteiger charge is 2.30. The molecule has 1 saturated heterocycles. The van der Waals surface area contributed by atoms with Crippen LogP contribution in [0.1, 0.15) is 50.8 Å². The highest BCUT2D eigenvalue weighted by molar-refractivity contribution is 7.98. The first kappa shape index (κ1) is 20.1. The summed E-state index contributed by atoms with van der Waals surface area (Å²) in [6, 6.07) is 5.32. The van der Waals surface area contributed by atoms with E-state index in [9.17, 15) is 8.78 Å². The molecular weight excluding hydrogens is 392 g/mol. The summed E-state index contributed by atoms with van der Waals surface area (Å²) >= 11 is 1.67. The lowest BCUT2D eigenvalue weighted by Gasteiger charge is -2.26. The van der Waals surface area contributed by atoms with E-state index >= 15 is 0 Å². The molecule has 0 unspecified atom stereocenters. The van der Waals surface area contributed by atoms with Crippen molar-refractivity contribution in [3.63, 3.8) is 0 Å². The molecule has 0 saturated carbocycles. The third kappa shape index (κ3) is 4.38. The fourth-order valence-electron chi connectivity index (χ4n) is 3.66. The van der Waals surface area contributed by atoms with Gasteiger partial charge in [-0.05, 0) is 57.9 Å². The third-order valence-corrected chi connectivity index (χ3v) is 5.83. The lowest BCUT2D eigenvalue weighted by atomic mass is 10.0. The number of rotatable bonds is 5. The fourth-order valence-corrected chi connectivity index (χ4v) is 4.32. The molecule has 0 spiro atoms. The molecule has 154 valence electrons. The zero-order valence-corrected chi connectivity index (χ0v) is 17.6. The Labute approximate surface area is 173 Å². The molecule has 29 heavy (non-hydrogen) atoms. The number of benzene rings is 1. The number of fused-ring (bicyclic) bond motifs is 1. The minimum Gasteiger partial charge on any atom is -0.349 e. The monoisotopic (exact) mass is 417 g/mol. The number of nitrogens with zero attached hydrogens (tertiary/aromatic N) is 4. The fraction of sp³-hybridized carbons (Fsp3) is 0.429. The zero-order chi connectivity index (χ0) is 20.6. The second-order valence-corrected chi connectivity index (χ2v) is 9.99. The van der Waals surface area contributed by atoms with Crippen LogP contribution in [0.15, 0.2) is 36.7 Å². The Kier molecular flexibility index (Phi) is 5.48. The van der Waals surface area contributed by atoms with Crippen LogP contribution in [-0.4, -0.2) is 25.9 Å². The first-order valence-corrected chi connectivity index (χ1v) is 10.6. The molecule has 0 radical (unpaired) electrons. The molecule has 8 heteroatoms. The van der Waals surface area contributed by atoms with Crippen LogP contribution in [-0.2, 0) is 6.54 Å². The van der Waals surface area contributed by atoms with Crippen LogP contribution in [0, 0.1) is 11.6 Å². The maximum Gasteiger partial charge on any atom is 0.161 e. The van der Waals surface area contributed by atoms with Gasteiger partial charge in [-0.3, -0.25) is 4.72 Å². The van der Waals surface area contributed by atoms with Crippen molar-refractivity contribution >= 4 is 23.4 Å². The van der Waals surface area contributed by atoms with Crippen LogP contribution in [0.2, 0.25) is 0 Å². The van der Waals surface area contributed by atoms with Gasteiger partial charge in [-0.1, -0.05) is 11.9 Å². The van der Waals surface area contributed by atoms with Crippen molar-refractivity contribution < 1.29 is 8.78 Å². The van der Waals surface area contributed by atoms with Crippen molar-refractivity contribution in [1.82, 2.24) is 19.3 Å². The molecule has 1 atom stereocenters. The van der Waals surface area contributed by atoms with Gasteiger partial charge in [-0.2, -0.15) is 5.10 Å². The molecule has 1 aliphatic rings. The second kappa shape index (κ2) is 7.91. The van der Waals surface area contributed by atoms with Gasteiger partial charge >= 0.3 is 0 Å². The van der Waals surface area contributed by atoms with Crippen LogP contribution in [0.5, 0.6) is 0 Å². The van der Waals surface area contributed by atoms with Crippen molar-refractivity contribution in [3.05, 3.63) is 59.4 Å². The number of aromatic nitrogens is 3. The first-order chi connectivity index (χ1) is 13.8. The Morgan fingerprint density at radius 1 is 1.24 bits per heavy atom. The summed E-state index contributed by atoms with van der Waals surface area (Å²) in [6.45, 7) is 7.85. The molecule has 1 fully saturated rings. The molecule has 1 aliphatic heterocycles. The molecule has 3 heterocycles. The van der Waals surface area contributed by atoms with Gasteiger partial charge in [0.25, 0.3) is 0 Å². The number of hydrogen-bond donors (Lipinski definition) is 1. The van der Waals surface area contributed by atoms with Gasteiger partial charge in [-0.25, -0.2) is 18.3 Å². The van der Waals surface area contributed by atoms with Crippen molar-refractivity contribution in [2.24, 2.45) is 0 Å². The van der Waals surface area contributed by atoms with Crippen LogP contribution < -0.4 is 9.62 Å². The summed E-state index contributed by atoms with van der Waals surface area (Å²) in [4.78, 5) is 6.88. The van der Waals surface area contributed by atoms with E-state index in [1.165, 1.54) is 12.1 Å². The van der Waals surface area contributed by atoms with Gasteiger partial charge < -0.3 is 4.90 Å². The lowest BCUT2D eigenvalue weighted by Crippen LogP contribution is -2.24. The quantitative estimate of drug-likeness (QED) is 0.599. The van der Waals surface area contributed by atoms with E-state index in [0.29, 0.717) is 12.1 Å². The minimum absolute atomic E-state index is 0.110. The van der Waals surface area contributed by atoms with E-state index < -0.39 is 5.82 Å². The number of hydrogen-bond acceptors (Lipinski definition) is 5. The Morgan fingerprint density at radius 3 is 2.86 bits per heavy atom. The highest BCUT2D eigenvalue weighted by atomic mass is 32.2. The Bertz CT molecular complexity index is 1010. The molecule has 3 aromatic rings. The molecule has 4 rings (SSSR count). The smallest absolute Gasteiger partial charge is 0.161 e. The second-order valence-electron chi connectivity index (χ2n) is 8.28. The maximum atomic E-state index is 14.4. The first-order valence-electron chi connectivity index (χ1n) is 9.77. The Morgan fingerprint density at radius 2 is 2.07 bits per heavy atom. The average Bonchev–Trinajstić information content (AvgIpc) is 3.29. The predicted octanol–water partition coefficient (Wildman–Crippen LogP) is 4.89. The topological polar surface area (TPSA) is 45.5 Å². The van der Waals surface area contributed by atoms with Crippen molar-refractivity contribution in [3.8, 4) is 0 Å². The van der Waals surface area contributed by atoms with Gasteiger partial charge in [0.2, 0.25) is 0 Å². The summed E-state index contributed by atoms with van der Waals surface area (Å²) in [7, 11) is 0. The molecule has 0 bridgehead atoms. The maximum absolute atomic E-state index is 14.4. The molecule has 1 N–H and O–H groups in total. The Balaban J connectivity index is 1.61. The third-order valence-electron chi connectivity index (χ3n) is 4.93. The van der Waals surface area contributed by atoms with Gasteiger partial charge in [-0.15, -0.1) is 0 Å². The van der Waals surface area contributed by atoms with Crippen LogP contribution in [0.25, 0.3) is 5.65 Å². The molecule has 2 aromatic heterocycles. The molecule has 1 aromatic carbocycles.